The number of rotatable bonds is 8. The molecule has 0 aromatic heterocycles. The third-order valence-electron chi connectivity index (χ3n) is 5.10. The fourth-order valence-electron chi connectivity index (χ4n) is 3.35. The lowest BCUT2D eigenvalue weighted by molar-refractivity contribution is 0.601. The number of hydrogen-bond donors (Lipinski definition) is 2. The molecule has 0 heterocycles. The Morgan fingerprint density at radius 3 is 2.33 bits per heavy atom. The molecule has 0 unspecified atom stereocenters. The zero-order chi connectivity index (χ0) is 20.9. The van der Waals surface area contributed by atoms with Crippen LogP contribution in [0.1, 0.15) is 36.5 Å². The highest BCUT2D eigenvalue weighted by atomic mass is 127. The first-order valence-electron chi connectivity index (χ1n) is 9.83. The molecule has 0 amide bonds. The Balaban J connectivity index is 0.00000320. The van der Waals surface area contributed by atoms with Gasteiger partial charge in [0.15, 0.2) is 15.8 Å². The lowest BCUT2D eigenvalue weighted by atomic mass is 9.96. The van der Waals surface area contributed by atoms with Gasteiger partial charge in [-0.25, -0.2) is 13.4 Å². The minimum Gasteiger partial charge on any atom is -0.357 e. The summed E-state index contributed by atoms with van der Waals surface area (Å²) in [6.45, 7) is 4.16. The Kier molecular flexibility index (Phi) is 8.99. The van der Waals surface area contributed by atoms with Crippen molar-refractivity contribution in [3.8, 4) is 0 Å². The van der Waals surface area contributed by atoms with E-state index in [1.54, 1.807) is 0 Å². The summed E-state index contributed by atoms with van der Waals surface area (Å²) in [6.07, 6.45) is 3.53. The van der Waals surface area contributed by atoms with E-state index in [0.717, 1.165) is 48.0 Å². The predicted octanol–water partition coefficient (Wildman–Crippen LogP) is 4.29. The van der Waals surface area contributed by atoms with Crippen molar-refractivity contribution in [1.29, 1.82) is 0 Å². The molecule has 0 spiro atoms. The van der Waals surface area contributed by atoms with Crippen LogP contribution in [0, 0.1) is 0 Å². The largest absolute Gasteiger partial charge is 0.357 e. The number of hydrogen-bond acceptors (Lipinski definition) is 3. The highest BCUT2D eigenvalue weighted by Crippen LogP contribution is 2.48. The van der Waals surface area contributed by atoms with Crippen molar-refractivity contribution in [2.75, 3.05) is 19.3 Å². The fraction of sp³-hybridized carbons (Fsp3) is 0.409. The molecule has 0 aliphatic heterocycles. The number of nitrogens with zero attached hydrogens (tertiary/aromatic N) is 1. The van der Waals surface area contributed by atoms with Crippen LogP contribution in [0.3, 0.4) is 0 Å². The number of halogens is 2. The summed E-state index contributed by atoms with van der Waals surface area (Å²) in [6, 6.07) is 15.7. The summed E-state index contributed by atoms with van der Waals surface area (Å²) in [5.74, 6) is 0.841. The molecule has 1 aliphatic rings. The molecule has 1 saturated carbocycles. The molecule has 2 aromatic carbocycles. The third-order valence-corrected chi connectivity index (χ3v) is 6.19. The standard InChI is InChI=1S/C22H28ClN3O2S.HI/c1-3-24-21(25-14-17-7-9-18(10-8-17)15-29(2,27)28)26-16-22(11-12-22)19-5-4-6-20(23)13-19;/h4-10,13H,3,11-12,14-16H2,1-2H3,(H2,24,25,26);1H. The van der Waals surface area contributed by atoms with Gasteiger partial charge in [-0.05, 0) is 48.6 Å². The fourth-order valence-corrected chi connectivity index (χ4v) is 4.33. The monoisotopic (exact) mass is 561 g/mol. The normalized spacial score (nSPS) is 15.2. The second-order valence-corrected chi connectivity index (χ2v) is 10.3. The molecule has 0 bridgehead atoms. The van der Waals surface area contributed by atoms with Crippen LogP contribution in [-0.2, 0) is 27.5 Å². The maximum Gasteiger partial charge on any atom is 0.191 e. The molecule has 5 nitrogen and oxygen atoms in total. The minimum absolute atomic E-state index is 0. The van der Waals surface area contributed by atoms with Crippen LogP contribution >= 0.6 is 35.6 Å². The molecule has 1 fully saturated rings. The Morgan fingerprint density at radius 1 is 1.10 bits per heavy atom. The van der Waals surface area contributed by atoms with Crippen molar-refractivity contribution in [3.05, 3.63) is 70.2 Å². The maximum atomic E-state index is 11.4. The van der Waals surface area contributed by atoms with Gasteiger partial charge in [0.1, 0.15) is 0 Å². The van der Waals surface area contributed by atoms with Gasteiger partial charge in [0.05, 0.1) is 12.3 Å². The first kappa shape index (κ1) is 24.9. The van der Waals surface area contributed by atoms with Gasteiger partial charge in [-0.15, -0.1) is 24.0 Å². The van der Waals surface area contributed by atoms with Crippen molar-refractivity contribution in [1.82, 2.24) is 10.6 Å². The lowest BCUT2D eigenvalue weighted by Crippen LogP contribution is -2.41. The molecule has 3 rings (SSSR count). The van der Waals surface area contributed by atoms with Gasteiger partial charge in [0.25, 0.3) is 0 Å². The van der Waals surface area contributed by atoms with Gasteiger partial charge >= 0.3 is 0 Å². The molecular formula is C22H29ClIN3O2S. The van der Waals surface area contributed by atoms with E-state index in [1.165, 1.54) is 11.8 Å². The number of benzene rings is 2. The van der Waals surface area contributed by atoms with Crippen LogP contribution < -0.4 is 10.6 Å². The van der Waals surface area contributed by atoms with Gasteiger partial charge in [-0.1, -0.05) is 48.0 Å². The van der Waals surface area contributed by atoms with Gasteiger partial charge in [0.2, 0.25) is 0 Å². The number of aliphatic imine (C=N–C) groups is 1. The van der Waals surface area contributed by atoms with Crippen LogP contribution in [0.25, 0.3) is 0 Å². The quantitative estimate of drug-likeness (QED) is 0.287. The van der Waals surface area contributed by atoms with E-state index >= 15 is 0 Å². The Hall–Kier alpha value is -1.32. The molecule has 0 atom stereocenters. The molecule has 1 aliphatic carbocycles. The topological polar surface area (TPSA) is 70.6 Å². The number of sulfone groups is 1. The van der Waals surface area contributed by atoms with E-state index in [2.05, 4.69) is 27.8 Å². The third kappa shape index (κ3) is 7.42. The van der Waals surface area contributed by atoms with Gasteiger partial charge in [-0.3, -0.25) is 0 Å². The Bertz CT molecular complexity index is 974. The average molecular weight is 562 g/mol. The van der Waals surface area contributed by atoms with Gasteiger partial charge in [0, 0.05) is 29.8 Å². The van der Waals surface area contributed by atoms with Crippen molar-refractivity contribution in [3.63, 3.8) is 0 Å². The molecule has 30 heavy (non-hydrogen) atoms. The summed E-state index contributed by atoms with van der Waals surface area (Å²) >= 11 is 6.17. The maximum absolute atomic E-state index is 11.4. The first-order valence-corrected chi connectivity index (χ1v) is 12.3. The van der Waals surface area contributed by atoms with Crippen molar-refractivity contribution in [2.24, 2.45) is 4.99 Å². The van der Waals surface area contributed by atoms with Crippen LogP contribution in [0.15, 0.2) is 53.5 Å². The SMILES string of the molecule is CCNC(=NCc1ccc(CS(C)(=O)=O)cc1)NCC1(c2cccc(Cl)c2)CC1.I. The number of guanidine groups is 1. The van der Waals surface area contributed by atoms with Crippen LogP contribution in [0.2, 0.25) is 5.02 Å². The van der Waals surface area contributed by atoms with E-state index in [-0.39, 0.29) is 35.1 Å². The van der Waals surface area contributed by atoms with E-state index < -0.39 is 9.84 Å². The zero-order valence-corrected chi connectivity index (χ0v) is 21.2. The molecule has 8 heteroatoms. The smallest absolute Gasteiger partial charge is 0.191 e. The summed E-state index contributed by atoms with van der Waals surface area (Å²) in [5.41, 5.74) is 3.24. The van der Waals surface area contributed by atoms with E-state index in [0.29, 0.717) is 6.54 Å². The van der Waals surface area contributed by atoms with E-state index in [1.807, 2.05) is 43.3 Å². The highest BCUT2D eigenvalue weighted by Gasteiger charge is 2.44. The summed E-state index contributed by atoms with van der Waals surface area (Å²) < 4.78 is 22.8. The van der Waals surface area contributed by atoms with Crippen LogP contribution in [0.5, 0.6) is 0 Å². The molecular weight excluding hydrogens is 533 g/mol. The molecule has 2 N–H and O–H groups in total. The van der Waals surface area contributed by atoms with Crippen LogP contribution in [-0.4, -0.2) is 33.7 Å². The second kappa shape index (κ2) is 10.8. The zero-order valence-electron chi connectivity index (χ0n) is 17.3. The van der Waals surface area contributed by atoms with Crippen LogP contribution in [0.4, 0.5) is 0 Å². The minimum atomic E-state index is -3.02. The molecule has 164 valence electrons. The predicted molar refractivity (Wildman–Crippen MR) is 136 cm³/mol. The number of nitrogens with one attached hydrogen (secondary N) is 2. The van der Waals surface area contributed by atoms with Crippen molar-refractivity contribution >= 4 is 51.4 Å². The van der Waals surface area contributed by atoms with Crippen molar-refractivity contribution in [2.45, 2.75) is 37.5 Å². The summed E-state index contributed by atoms with van der Waals surface area (Å²) in [4.78, 5) is 4.68. The molecule has 0 radical (unpaired) electrons. The van der Waals surface area contributed by atoms with Crippen molar-refractivity contribution < 1.29 is 8.42 Å². The first-order chi connectivity index (χ1) is 13.8. The van der Waals surface area contributed by atoms with E-state index in [9.17, 15) is 8.42 Å². The summed E-state index contributed by atoms with van der Waals surface area (Å²) in [7, 11) is -3.02. The molecule has 0 saturated heterocycles. The molecule has 2 aromatic rings. The Morgan fingerprint density at radius 2 is 1.77 bits per heavy atom. The van der Waals surface area contributed by atoms with E-state index in [4.69, 9.17) is 11.6 Å². The lowest BCUT2D eigenvalue weighted by Gasteiger charge is -2.19. The van der Waals surface area contributed by atoms with Gasteiger partial charge in [-0.2, -0.15) is 0 Å². The second-order valence-electron chi connectivity index (χ2n) is 7.73. The Labute approximate surface area is 201 Å². The summed E-state index contributed by atoms with van der Waals surface area (Å²) in [5, 5.41) is 7.53. The van der Waals surface area contributed by atoms with Gasteiger partial charge < -0.3 is 10.6 Å². The average Bonchev–Trinajstić information content (AvgIpc) is 3.45. The highest BCUT2D eigenvalue weighted by molar-refractivity contribution is 14.0.